The van der Waals surface area contributed by atoms with Crippen LogP contribution in [0.15, 0.2) is 66.7 Å². The van der Waals surface area contributed by atoms with Crippen LogP contribution in [0.5, 0.6) is 17.2 Å². The molecule has 1 aromatic heterocycles. The lowest BCUT2D eigenvalue weighted by Gasteiger charge is -2.35. The second-order valence-corrected chi connectivity index (χ2v) is 10.1. The lowest BCUT2D eigenvalue weighted by molar-refractivity contribution is -0.128. The molecule has 0 saturated heterocycles. The molecule has 2 aliphatic rings. The molecular formula is C31H32N4O4. The highest BCUT2D eigenvalue weighted by molar-refractivity contribution is 5.93. The number of aromatic nitrogens is 1. The molecule has 3 aromatic carbocycles. The van der Waals surface area contributed by atoms with Gasteiger partial charge < -0.3 is 34.7 Å². The van der Waals surface area contributed by atoms with Crippen LogP contribution in [0.4, 0.5) is 5.69 Å². The smallest absolute Gasteiger partial charge is 0.247 e. The number of benzene rings is 3. The molecule has 0 spiro atoms. The number of rotatable bonds is 7. The van der Waals surface area contributed by atoms with Gasteiger partial charge in [-0.25, -0.2) is 0 Å². The van der Waals surface area contributed by atoms with E-state index >= 15 is 0 Å². The van der Waals surface area contributed by atoms with Crippen molar-refractivity contribution in [3.8, 4) is 17.2 Å². The number of nitrogens with zero attached hydrogens (tertiary/aromatic N) is 2. The Kier molecular flexibility index (Phi) is 6.62. The van der Waals surface area contributed by atoms with Gasteiger partial charge in [-0.3, -0.25) is 4.79 Å². The number of likely N-dealkylation sites (N-methyl/N-ethyl adjacent to an activating group) is 1. The molecule has 200 valence electrons. The van der Waals surface area contributed by atoms with Gasteiger partial charge in [-0.05, 0) is 73.6 Å². The fourth-order valence-electron chi connectivity index (χ4n) is 5.29. The number of hydrogen-bond acceptors (Lipinski definition) is 6. The monoisotopic (exact) mass is 524 g/mol. The molecule has 1 amide bonds. The van der Waals surface area contributed by atoms with Crippen LogP contribution < -0.4 is 19.9 Å². The van der Waals surface area contributed by atoms with Gasteiger partial charge in [0.2, 0.25) is 12.7 Å². The average molecular weight is 525 g/mol. The zero-order chi connectivity index (χ0) is 26.9. The maximum atomic E-state index is 13.7. The number of amides is 1. The molecule has 0 aliphatic carbocycles. The van der Waals surface area contributed by atoms with Crippen LogP contribution in [-0.4, -0.2) is 61.3 Å². The zero-order valence-corrected chi connectivity index (χ0v) is 22.1. The number of carbonyl (C=O) groups excluding carboxylic acids is 1. The first-order valence-electron chi connectivity index (χ1n) is 13.1. The van der Waals surface area contributed by atoms with Gasteiger partial charge in [0.25, 0.3) is 0 Å². The molecule has 39 heavy (non-hydrogen) atoms. The zero-order valence-electron chi connectivity index (χ0n) is 22.1. The Morgan fingerprint density at radius 1 is 1.13 bits per heavy atom. The lowest BCUT2D eigenvalue weighted by Crippen LogP contribution is -2.39. The van der Waals surface area contributed by atoms with E-state index in [4.69, 9.17) is 19.9 Å². The van der Waals surface area contributed by atoms with Gasteiger partial charge in [-0.15, -0.1) is 0 Å². The van der Waals surface area contributed by atoms with Crippen molar-refractivity contribution in [2.75, 3.05) is 46.3 Å². The summed E-state index contributed by atoms with van der Waals surface area (Å²) in [6.07, 6.45) is 4.21. The highest BCUT2D eigenvalue weighted by atomic mass is 16.7. The first-order valence-corrected chi connectivity index (χ1v) is 13.1. The van der Waals surface area contributed by atoms with Crippen molar-refractivity contribution in [3.05, 3.63) is 89.1 Å². The van der Waals surface area contributed by atoms with Crippen molar-refractivity contribution >= 4 is 28.6 Å². The number of H-pyrrole nitrogens is 1. The first-order chi connectivity index (χ1) is 19.0. The number of anilines is 1. The van der Waals surface area contributed by atoms with Crippen molar-refractivity contribution < 1.29 is 19.0 Å². The highest BCUT2D eigenvalue weighted by Crippen LogP contribution is 2.42. The summed E-state index contributed by atoms with van der Waals surface area (Å²) < 4.78 is 17.1. The molecule has 3 N–H and O–H groups in total. The number of ether oxygens (including phenoxy) is 3. The van der Waals surface area contributed by atoms with E-state index in [2.05, 4.69) is 23.2 Å². The summed E-state index contributed by atoms with van der Waals surface area (Å²) in [4.78, 5) is 21.3. The number of nitrogen functional groups attached to an aromatic ring is 1. The minimum atomic E-state index is -0.288. The number of hydrogen-bond donors (Lipinski definition) is 2. The SMILES string of the molecule is CN(C)CCOc1cc(C=CC(=O)N2CCc3c([nH]c4ccccc34)C2c2ccc3c(c2)OCO3)ccc1N. The summed E-state index contributed by atoms with van der Waals surface area (Å²) in [5.74, 6) is 1.96. The summed E-state index contributed by atoms with van der Waals surface area (Å²) >= 11 is 0. The number of fused-ring (bicyclic) bond motifs is 4. The number of nitrogens with one attached hydrogen (secondary N) is 1. The molecule has 0 bridgehead atoms. The van der Waals surface area contributed by atoms with Crippen LogP contribution in [-0.2, 0) is 11.2 Å². The van der Waals surface area contributed by atoms with Crippen molar-refractivity contribution in [1.29, 1.82) is 0 Å². The minimum Gasteiger partial charge on any atom is -0.490 e. The van der Waals surface area contributed by atoms with E-state index in [9.17, 15) is 4.79 Å². The van der Waals surface area contributed by atoms with Gasteiger partial charge in [-0.1, -0.05) is 30.3 Å². The molecule has 3 heterocycles. The lowest BCUT2D eigenvalue weighted by atomic mass is 9.92. The standard InChI is InChI=1S/C31H32N4O4/c1-34(2)15-16-37-27-17-20(7-10-24(27)32)8-12-29(36)35-14-13-23-22-5-3-4-6-25(22)33-30(23)31(35)21-9-11-26-28(18-21)39-19-38-26/h3-12,17-18,31,33H,13-16,19,32H2,1-2H3. The summed E-state index contributed by atoms with van der Waals surface area (Å²) in [5.41, 5.74) is 11.9. The van der Waals surface area contributed by atoms with E-state index in [0.717, 1.165) is 41.1 Å². The van der Waals surface area contributed by atoms with E-state index < -0.39 is 0 Å². The van der Waals surface area contributed by atoms with Crippen molar-refractivity contribution in [1.82, 2.24) is 14.8 Å². The second kappa shape index (κ2) is 10.4. The number of aromatic amines is 1. The normalized spacial score (nSPS) is 16.3. The van der Waals surface area contributed by atoms with Crippen molar-refractivity contribution in [2.24, 2.45) is 0 Å². The number of nitrogens with two attached hydrogens (primary N) is 1. The Hall–Kier alpha value is -4.43. The quantitative estimate of drug-likeness (QED) is 0.271. The van der Waals surface area contributed by atoms with Crippen molar-refractivity contribution in [3.63, 3.8) is 0 Å². The summed E-state index contributed by atoms with van der Waals surface area (Å²) in [5, 5.41) is 1.20. The fourth-order valence-corrected chi connectivity index (χ4v) is 5.29. The Morgan fingerprint density at radius 2 is 1.97 bits per heavy atom. The van der Waals surface area contributed by atoms with Crippen LogP contribution in [0.2, 0.25) is 0 Å². The first kappa shape index (κ1) is 24.9. The van der Waals surface area contributed by atoms with Gasteiger partial charge in [0.15, 0.2) is 11.5 Å². The molecular weight excluding hydrogens is 492 g/mol. The Balaban J connectivity index is 1.31. The van der Waals surface area contributed by atoms with E-state index in [1.165, 1.54) is 10.9 Å². The molecule has 0 fully saturated rings. The molecule has 2 aliphatic heterocycles. The van der Waals surface area contributed by atoms with E-state index in [1.54, 1.807) is 6.08 Å². The van der Waals surface area contributed by atoms with E-state index in [0.29, 0.717) is 30.3 Å². The fraction of sp³-hybridized carbons (Fsp3) is 0.258. The summed E-state index contributed by atoms with van der Waals surface area (Å²) in [7, 11) is 3.99. The minimum absolute atomic E-state index is 0.0751. The maximum Gasteiger partial charge on any atom is 0.247 e. The third kappa shape index (κ3) is 4.91. The molecule has 4 aromatic rings. The van der Waals surface area contributed by atoms with E-state index in [1.807, 2.05) is 72.4 Å². The third-order valence-electron chi connectivity index (χ3n) is 7.28. The van der Waals surface area contributed by atoms with Crippen LogP contribution in [0.1, 0.15) is 28.4 Å². The van der Waals surface area contributed by atoms with Gasteiger partial charge in [-0.2, -0.15) is 0 Å². The third-order valence-corrected chi connectivity index (χ3v) is 7.28. The largest absolute Gasteiger partial charge is 0.490 e. The predicted octanol–water partition coefficient (Wildman–Crippen LogP) is 4.61. The van der Waals surface area contributed by atoms with Crippen LogP contribution in [0.3, 0.4) is 0 Å². The van der Waals surface area contributed by atoms with E-state index in [-0.39, 0.29) is 18.7 Å². The highest BCUT2D eigenvalue weighted by Gasteiger charge is 2.34. The van der Waals surface area contributed by atoms with Gasteiger partial charge in [0.1, 0.15) is 12.4 Å². The van der Waals surface area contributed by atoms with Crippen molar-refractivity contribution in [2.45, 2.75) is 12.5 Å². The van der Waals surface area contributed by atoms with Gasteiger partial charge in [0, 0.05) is 35.8 Å². The van der Waals surface area contributed by atoms with Gasteiger partial charge in [0.05, 0.1) is 11.7 Å². The Bertz CT molecular complexity index is 1560. The maximum absolute atomic E-state index is 13.7. The van der Waals surface area contributed by atoms with Crippen LogP contribution in [0.25, 0.3) is 17.0 Å². The molecule has 0 saturated carbocycles. The molecule has 1 atom stereocenters. The van der Waals surface area contributed by atoms with Crippen LogP contribution in [0, 0.1) is 0 Å². The summed E-state index contributed by atoms with van der Waals surface area (Å²) in [6.45, 7) is 2.11. The topological polar surface area (TPSA) is 93.0 Å². The molecule has 0 radical (unpaired) electrons. The predicted molar refractivity (Wildman–Crippen MR) is 152 cm³/mol. The second-order valence-electron chi connectivity index (χ2n) is 10.1. The Morgan fingerprint density at radius 3 is 2.85 bits per heavy atom. The Labute approximate surface area is 227 Å². The van der Waals surface area contributed by atoms with Crippen LogP contribution >= 0.6 is 0 Å². The average Bonchev–Trinajstić information content (AvgIpc) is 3.56. The number of para-hydroxylation sites is 1. The summed E-state index contributed by atoms with van der Waals surface area (Å²) in [6, 6.07) is 19.5. The molecule has 6 rings (SSSR count). The molecule has 8 heteroatoms. The molecule has 8 nitrogen and oxygen atoms in total. The molecule has 1 unspecified atom stereocenters. The van der Waals surface area contributed by atoms with Gasteiger partial charge >= 0.3 is 0 Å². The number of carbonyl (C=O) groups is 1.